The van der Waals surface area contributed by atoms with E-state index in [9.17, 15) is 19.2 Å². The highest BCUT2D eigenvalue weighted by molar-refractivity contribution is 6.23. The number of amides is 3. The molecule has 34 heavy (non-hydrogen) atoms. The Morgan fingerprint density at radius 3 is 2.29 bits per heavy atom. The lowest BCUT2D eigenvalue weighted by Crippen LogP contribution is -2.44. The van der Waals surface area contributed by atoms with E-state index in [1.54, 1.807) is 48.5 Å². The molecule has 1 fully saturated rings. The van der Waals surface area contributed by atoms with Crippen LogP contribution in [0.4, 0.5) is 5.69 Å². The number of carbonyl (C=O) groups is 4. The zero-order valence-electron chi connectivity index (χ0n) is 19.0. The topological polar surface area (TPSA) is 113 Å². The van der Waals surface area contributed by atoms with Gasteiger partial charge in [0.25, 0.3) is 5.91 Å². The normalized spacial score (nSPS) is 15.6. The molecule has 0 saturated carbocycles. The molecule has 3 rings (SSSR count). The molecule has 3 amide bonds. The van der Waals surface area contributed by atoms with E-state index in [0.717, 1.165) is 17.4 Å². The third-order valence-electron chi connectivity index (χ3n) is 5.23. The maximum atomic E-state index is 13.3. The number of aliphatic carboxylic acids is 1. The van der Waals surface area contributed by atoms with Gasteiger partial charge in [0.15, 0.2) is 0 Å². The molecule has 9 heteroatoms. The standard InChI is InChI=1S/C25H26N2O7/c1-3-14-34-20-10-6-18(7-11-20)27-23(29)15-21(25(27)32)26(22(28)12-13-24(30)31)16-17-4-8-19(33-2)9-5-17/h4-13,21H,3,14-16H2,1-2H3,(H,30,31). The molecular formula is C25H26N2O7. The molecule has 0 aromatic heterocycles. The first-order valence-electron chi connectivity index (χ1n) is 10.8. The van der Waals surface area contributed by atoms with Crippen LogP contribution in [0.25, 0.3) is 0 Å². The maximum absolute atomic E-state index is 13.3. The van der Waals surface area contributed by atoms with Gasteiger partial charge in [0.05, 0.1) is 25.8 Å². The molecule has 0 bridgehead atoms. The first-order chi connectivity index (χ1) is 16.3. The highest BCUT2D eigenvalue weighted by atomic mass is 16.5. The van der Waals surface area contributed by atoms with Crippen molar-refractivity contribution in [3.8, 4) is 11.5 Å². The molecule has 1 heterocycles. The molecule has 1 N–H and O–H groups in total. The Morgan fingerprint density at radius 1 is 1.06 bits per heavy atom. The van der Waals surface area contributed by atoms with Crippen molar-refractivity contribution in [1.82, 2.24) is 4.90 Å². The molecule has 1 aliphatic heterocycles. The number of carboxylic acids is 1. The van der Waals surface area contributed by atoms with Gasteiger partial charge in [0.1, 0.15) is 17.5 Å². The Kier molecular flexibility index (Phi) is 8.02. The summed E-state index contributed by atoms with van der Waals surface area (Å²) in [6, 6.07) is 12.4. The van der Waals surface area contributed by atoms with Crippen molar-refractivity contribution in [3.05, 3.63) is 66.2 Å². The molecule has 2 aromatic carbocycles. The maximum Gasteiger partial charge on any atom is 0.328 e. The monoisotopic (exact) mass is 466 g/mol. The first-order valence-corrected chi connectivity index (χ1v) is 10.8. The number of imide groups is 1. The predicted octanol–water partition coefficient (Wildman–Crippen LogP) is 2.79. The van der Waals surface area contributed by atoms with Crippen LogP contribution in [-0.4, -0.2) is 53.5 Å². The van der Waals surface area contributed by atoms with E-state index in [2.05, 4.69) is 0 Å². The minimum absolute atomic E-state index is 0.00804. The summed E-state index contributed by atoms with van der Waals surface area (Å²) in [7, 11) is 1.53. The molecule has 1 saturated heterocycles. The molecule has 0 radical (unpaired) electrons. The van der Waals surface area contributed by atoms with E-state index in [1.807, 2.05) is 6.92 Å². The second-order valence-corrected chi connectivity index (χ2v) is 7.62. The molecule has 9 nitrogen and oxygen atoms in total. The van der Waals surface area contributed by atoms with Gasteiger partial charge in [-0.1, -0.05) is 19.1 Å². The molecule has 178 valence electrons. The van der Waals surface area contributed by atoms with E-state index >= 15 is 0 Å². The second kappa shape index (κ2) is 11.1. The van der Waals surface area contributed by atoms with Gasteiger partial charge in [-0.2, -0.15) is 0 Å². The number of anilines is 1. The van der Waals surface area contributed by atoms with E-state index in [4.69, 9.17) is 14.6 Å². The van der Waals surface area contributed by atoms with Crippen molar-refractivity contribution in [2.24, 2.45) is 0 Å². The number of carbonyl (C=O) groups excluding carboxylic acids is 3. The van der Waals surface area contributed by atoms with Crippen LogP contribution in [0.1, 0.15) is 25.3 Å². The van der Waals surface area contributed by atoms with Crippen LogP contribution in [-0.2, 0) is 25.7 Å². The third-order valence-corrected chi connectivity index (χ3v) is 5.23. The fourth-order valence-electron chi connectivity index (χ4n) is 3.55. The summed E-state index contributed by atoms with van der Waals surface area (Å²) in [5.74, 6) is -1.74. The summed E-state index contributed by atoms with van der Waals surface area (Å²) in [5.41, 5.74) is 1.06. The minimum Gasteiger partial charge on any atom is -0.497 e. The van der Waals surface area contributed by atoms with Crippen LogP contribution < -0.4 is 14.4 Å². The molecule has 1 aliphatic rings. The highest BCUT2D eigenvalue weighted by Crippen LogP contribution is 2.28. The van der Waals surface area contributed by atoms with Crippen molar-refractivity contribution in [2.45, 2.75) is 32.4 Å². The second-order valence-electron chi connectivity index (χ2n) is 7.62. The van der Waals surface area contributed by atoms with E-state index in [0.29, 0.717) is 35.4 Å². The van der Waals surface area contributed by atoms with Gasteiger partial charge < -0.3 is 19.5 Å². The zero-order valence-corrected chi connectivity index (χ0v) is 19.0. The van der Waals surface area contributed by atoms with Crippen LogP contribution in [0.15, 0.2) is 60.7 Å². The molecular weight excluding hydrogens is 440 g/mol. The Hall–Kier alpha value is -4.14. The van der Waals surface area contributed by atoms with Gasteiger partial charge in [-0.15, -0.1) is 0 Å². The summed E-state index contributed by atoms with van der Waals surface area (Å²) >= 11 is 0. The van der Waals surface area contributed by atoms with Gasteiger partial charge in [-0.05, 0) is 48.4 Å². The fourth-order valence-corrected chi connectivity index (χ4v) is 3.55. The number of hydrogen-bond acceptors (Lipinski definition) is 6. The zero-order chi connectivity index (χ0) is 24.7. The summed E-state index contributed by atoms with van der Waals surface area (Å²) < 4.78 is 10.7. The Bertz CT molecular complexity index is 1080. The number of hydrogen-bond donors (Lipinski definition) is 1. The Labute approximate surface area is 197 Å². The number of nitrogens with zero attached hydrogens (tertiary/aromatic N) is 2. The van der Waals surface area contributed by atoms with Crippen LogP contribution in [0.5, 0.6) is 11.5 Å². The lowest BCUT2D eigenvalue weighted by Gasteiger charge is -2.27. The van der Waals surface area contributed by atoms with Gasteiger partial charge in [0, 0.05) is 18.7 Å². The van der Waals surface area contributed by atoms with Crippen molar-refractivity contribution in [1.29, 1.82) is 0 Å². The predicted molar refractivity (Wildman–Crippen MR) is 123 cm³/mol. The van der Waals surface area contributed by atoms with Crippen molar-refractivity contribution < 1.29 is 33.8 Å². The largest absolute Gasteiger partial charge is 0.497 e. The molecule has 1 unspecified atom stereocenters. The van der Waals surface area contributed by atoms with Crippen LogP contribution in [0.3, 0.4) is 0 Å². The number of rotatable bonds is 10. The number of carboxylic acid groups (broad SMARTS) is 1. The Balaban J connectivity index is 1.86. The number of methoxy groups -OCH3 is 1. The highest BCUT2D eigenvalue weighted by Gasteiger charge is 2.44. The van der Waals surface area contributed by atoms with Gasteiger partial charge in [0.2, 0.25) is 11.8 Å². The summed E-state index contributed by atoms with van der Waals surface area (Å²) in [6.45, 7) is 2.55. The quantitative estimate of drug-likeness (QED) is 0.423. The Morgan fingerprint density at radius 2 is 1.71 bits per heavy atom. The third kappa shape index (κ3) is 5.80. The summed E-state index contributed by atoms with van der Waals surface area (Å²) in [4.78, 5) is 52.1. The fraction of sp³-hybridized carbons (Fsp3) is 0.280. The first kappa shape index (κ1) is 24.5. The van der Waals surface area contributed by atoms with Crippen LogP contribution >= 0.6 is 0 Å². The number of ether oxygens (including phenoxy) is 2. The lowest BCUT2D eigenvalue weighted by atomic mass is 10.1. The summed E-state index contributed by atoms with van der Waals surface area (Å²) in [6.07, 6.45) is 2.22. The average molecular weight is 466 g/mol. The average Bonchev–Trinajstić information content (AvgIpc) is 3.13. The van der Waals surface area contributed by atoms with E-state index < -0.39 is 29.7 Å². The lowest BCUT2D eigenvalue weighted by molar-refractivity contribution is -0.135. The molecule has 2 aromatic rings. The van der Waals surface area contributed by atoms with Gasteiger partial charge in [-0.3, -0.25) is 14.4 Å². The van der Waals surface area contributed by atoms with E-state index in [-0.39, 0.29) is 13.0 Å². The minimum atomic E-state index is -1.29. The summed E-state index contributed by atoms with van der Waals surface area (Å²) in [5, 5.41) is 8.91. The SMILES string of the molecule is CCCOc1ccc(N2C(=O)CC(N(Cc3ccc(OC)cc3)C(=O)C=CC(=O)O)C2=O)cc1. The molecule has 0 spiro atoms. The number of benzene rings is 2. The van der Waals surface area contributed by atoms with Crippen molar-refractivity contribution in [3.63, 3.8) is 0 Å². The van der Waals surface area contributed by atoms with Crippen LogP contribution in [0, 0.1) is 0 Å². The van der Waals surface area contributed by atoms with Crippen molar-refractivity contribution >= 4 is 29.4 Å². The smallest absolute Gasteiger partial charge is 0.328 e. The molecule has 1 atom stereocenters. The van der Waals surface area contributed by atoms with Gasteiger partial charge in [-0.25, -0.2) is 9.69 Å². The van der Waals surface area contributed by atoms with Gasteiger partial charge >= 0.3 is 5.97 Å². The van der Waals surface area contributed by atoms with Crippen molar-refractivity contribution in [2.75, 3.05) is 18.6 Å². The van der Waals surface area contributed by atoms with E-state index in [1.165, 1.54) is 12.0 Å². The van der Waals surface area contributed by atoms with Crippen LogP contribution in [0.2, 0.25) is 0 Å². The molecule has 0 aliphatic carbocycles.